The molecule has 0 saturated carbocycles. The highest BCUT2D eigenvalue weighted by molar-refractivity contribution is 8.00. The summed E-state index contributed by atoms with van der Waals surface area (Å²) in [7, 11) is 0.483. The van der Waals surface area contributed by atoms with Crippen molar-refractivity contribution < 1.29 is 17.9 Å². The number of ether oxygens (including phenoxy) is 1. The molecule has 0 spiro atoms. The number of anilines is 1. The lowest BCUT2D eigenvalue weighted by Gasteiger charge is -2.17. The molecule has 0 aliphatic carbocycles. The topological polar surface area (TPSA) is 103 Å². The van der Waals surface area contributed by atoms with Crippen LogP contribution in [0.1, 0.15) is 23.1 Å². The number of hydrogen-bond donors (Lipinski definition) is 1. The Morgan fingerprint density at radius 1 is 1.21 bits per heavy atom. The van der Waals surface area contributed by atoms with Crippen molar-refractivity contribution in [3.63, 3.8) is 0 Å². The lowest BCUT2D eigenvalue weighted by Crippen LogP contribution is -2.19. The van der Waals surface area contributed by atoms with Gasteiger partial charge >= 0.3 is 0 Å². The molecule has 2 atom stereocenters. The minimum absolute atomic E-state index is 0.0528. The molecule has 4 rings (SSSR count). The van der Waals surface area contributed by atoms with Gasteiger partial charge in [-0.15, -0.1) is 10.2 Å². The van der Waals surface area contributed by atoms with Crippen molar-refractivity contribution in [3.05, 3.63) is 66.0 Å². The molecule has 1 fully saturated rings. The van der Waals surface area contributed by atoms with Crippen molar-refractivity contribution >= 4 is 33.2 Å². The molecule has 3 aromatic rings. The minimum atomic E-state index is -2.95. The highest BCUT2D eigenvalue weighted by Gasteiger charge is 2.30. The van der Waals surface area contributed by atoms with Gasteiger partial charge in [0.05, 0.1) is 18.6 Å². The molecule has 10 heteroatoms. The summed E-state index contributed by atoms with van der Waals surface area (Å²) >= 11 is 1.31. The summed E-state index contributed by atoms with van der Waals surface area (Å²) in [5.41, 5.74) is 1.48. The maximum Gasteiger partial charge on any atom is 0.242 e. The van der Waals surface area contributed by atoms with Crippen LogP contribution in [0, 0.1) is 5.92 Å². The Kier molecular flexibility index (Phi) is 7.04. The number of amides is 1. The number of nitrogens with one attached hydrogen (secondary N) is 1. The minimum Gasteiger partial charge on any atom is -0.497 e. The van der Waals surface area contributed by atoms with E-state index < -0.39 is 15.1 Å². The fourth-order valence-electron chi connectivity index (χ4n) is 3.83. The van der Waals surface area contributed by atoms with Gasteiger partial charge in [-0.05, 0) is 30.0 Å². The normalized spacial score (nSPS) is 18.1. The van der Waals surface area contributed by atoms with Crippen LogP contribution in [0.15, 0.2) is 59.8 Å². The molecule has 0 bridgehead atoms. The lowest BCUT2D eigenvalue weighted by molar-refractivity contribution is -0.115. The number of hydrogen-bond acceptors (Lipinski definition) is 7. The van der Waals surface area contributed by atoms with Gasteiger partial charge in [-0.2, -0.15) is 0 Å². The van der Waals surface area contributed by atoms with Crippen LogP contribution in [-0.2, 0) is 28.1 Å². The first-order valence-corrected chi connectivity index (χ1v) is 13.3. The Bertz CT molecular complexity index is 1230. The van der Waals surface area contributed by atoms with Gasteiger partial charge in [0.25, 0.3) is 0 Å². The van der Waals surface area contributed by atoms with E-state index in [-0.39, 0.29) is 23.3 Å². The maximum atomic E-state index is 13.3. The average Bonchev–Trinajstić information content (AvgIpc) is 3.33. The summed E-state index contributed by atoms with van der Waals surface area (Å²) in [5, 5.41) is 11.6. The van der Waals surface area contributed by atoms with Crippen molar-refractivity contribution in [1.82, 2.24) is 14.8 Å². The van der Waals surface area contributed by atoms with Crippen molar-refractivity contribution in [2.75, 3.05) is 23.9 Å². The molecule has 1 aliphatic heterocycles. The van der Waals surface area contributed by atoms with E-state index in [2.05, 4.69) is 15.5 Å². The van der Waals surface area contributed by atoms with Crippen LogP contribution >= 0.6 is 11.8 Å². The molecule has 0 unspecified atom stereocenters. The molecule has 174 valence electrons. The Morgan fingerprint density at radius 3 is 2.70 bits per heavy atom. The van der Waals surface area contributed by atoms with E-state index in [9.17, 15) is 13.2 Å². The smallest absolute Gasteiger partial charge is 0.242 e. The summed E-state index contributed by atoms with van der Waals surface area (Å²) in [6.07, 6.45) is 1.20. The van der Waals surface area contributed by atoms with Crippen molar-refractivity contribution in [2.24, 2.45) is 13.0 Å². The molecule has 0 radical (unpaired) electrons. The first-order chi connectivity index (χ1) is 15.8. The molecule has 1 amide bonds. The number of thioether (sulfide) groups is 1. The molecule has 2 aromatic carbocycles. The van der Waals surface area contributed by atoms with E-state index in [0.29, 0.717) is 29.4 Å². The molecular weight excluding hydrogens is 460 g/mol. The van der Waals surface area contributed by atoms with Gasteiger partial charge in [-0.3, -0.25) is 4.79 Å². The second-order valence-electron chi connectivity index (χ2n) is 8.06. The van der Waals surface area contributed by atoms with Crippen LogP contribution in [0.25, 0.3) is 0 Å². The van der Waals surface area contributed by atoms with Gasteiger partial charge in [0.15, 0.2) is 15.0 Å². The molecule has 8 nitrogen and oxygen atoms in total. The molecule has 1 aromatic heterocycles. The van der Waals surface area contributed by atoms with Crippen LogP contribution in [0.2, 0.25) is 0 Å². The standard InChI is InChI=1S/C23H26N4O4S2/c1-27-20(13-16-11-12-33(29,30)15-16)25-26-23(27)32-21(17-7-4-3-5-8-17)22(28)24-18-9-6-10-19(14-18)31-2/h3-10,14,16,21H,11-13,15H2,1-2H3,(H,24,28)/t16-,21-/m0/s1. The van der Waals surface area contributed by atoms with Crippen LogP contribution in [0.5, 0.6) is 5.75 Å². The van der Waals surface area contributed by atoms with E-state index >= 15 is 0 Å². The second kappa shape index (κ2) is 9.96. The molecule has 33 heavy (non-hydrogen) atoms. The number of benzene rings is 2. The van der Waals surface area contributed by atoms with E-state index in [1.165, 1.54) is 11.8 Å². The molecule has 1 aliphatic rings. The van der Waals surface area contributed by atoms with E-state index in [4.69, 9.17) is 4.74 Å². The monoisotopic (exact) mass is 486 g/mol. The number of rotatable bonds is 8. The Hall–Kier alpha value is -2.85. The number of carbonyl (C=O) groups excluding carboxylic acids is 1. The Labute approximate surface area is 197 Å². The van der Waals surface area contributed by atoms with Crippen molar-refractivity contribution in [3.8, 4) is 5.75 Å². The summed E-state index contributed by atoms with van der Waals surface area (Å²) < 4.78 is 30.7. The first-order valence-electron chi connectivity index (χ1n) is 10.6. The highest BCUT2D eigenvalue weighted by atomic mass is 32.2. The predicted octanol–water partition coefficient (Wildman–Crippen LogP) is 3.27. The number of methoxy groups -OCH3 is 1. The third-order valence-electron chi connectivity index (χ3n) is 5.62. The highest BCUT2D eigenvalue weighted by Crippen LogP contribution is 2.36. The summed E-state index contributed by atoms with van der Waals surface area (Å²) in [5.74, 6) is 1.67. The van der Waals surface area contributed by atoms with E-state index in [1.54, 1.807) is 13.2 Å². The van der Waals surface area contributed by atoms with Gasteiger partial charge in [0.1, 0.15) is 16.8 Å². The first kappa shape index (κ1) is 23.3. The van der Waals surface area contributed by atoms with Gasteiger partial charge in [0.2, 0.25) is 5.91 Å². The van der Waals surface area contributed by atoms with Crippen LogP contribution in [0.3, 0.4) is 0 Å². The molecule has 1 saturated heterocycles. The number of aromatic nitrogens is 3. The van der Waals surface area contributed by atoms with Gasteiger partial charge in [-0.25, -0.2) is 8.42 Å². The van der Waals surface area contributed by atoms with Gasteiger partial charge in [-0.1, -0.05) is 48.2 Å². The quantitative estimate of drug-likeness (QED) is 0.488. The van der Waals surface area contributed by atoms with Crippen LogP contribution in [-0.4, -0.2) is 47.7 Å². The Balaban J connectivity index is 1.54. The van der Waals surface area contributed by atoms with Gasteiger partial charge < -0.3 is 14.6 Å². The number of carbonyl (C=O) groups is 1. The second-order valence-corrected chi connectivity index (χ2v) is 11.4. The van der Waals surface area contributed by atoms with Crippen LogP contribution in [0.4, 0.5) is 5.69 Å². The average molecular weight is 487 g/mol. The predicted molar refractivity (Wildman–Crippen MR) is 128 cm³/mol. The number of nitrogens with zero attached hydrogens (tertiary/aromatic N) is 3. The molecule has 2 heterocycles. The third kappa shape index (κ3) is 5.75. The SMILES string of the molecule is COc1cccc(NC(=O)[C@@H](Sc2nnc(C[C@@H]3CCS(=O)(=O)C3)n2C)c2ccccc2)c1. The van der Waals surface area contributed by atoms with E-state index in [1.807, 2.05) is 60.1 Å². The van der Waals surface area contributed by atoms with Gasteiger partial charge in [0, 0.05) is 25.2 Å². The molecule has 1 N–H and O–H groups in total. The van der Waals surface area contributed by atoms with Crippen molar-refractivity contribution in [1.29, 1.82) is 0 Å². The summed E-state index contributed by atoms with van der Waals surface area (Å²) in [6.45, 7) is 0. The van der Waals surface area contributed by atoms with E-state index in [0.717, 1.165) is 11.4 Å². The van der Waals surface area contributed by atoms with Crippen molar-refractivity contribution in [2.45, 2.75) is 23.2 Å². The Morgan fingerprint density at radius 2 is 2.00 bits per heavy atom. The fourth-order valence-corrected chi connectivity index (χ4v) is 6.71. The summed E-state index contributed by atoms with van der Waals surface area (Å²) in [4.78, 5) is 13.3. The fraction of sp³-hybridized carbons (Fsp3) is 0.348. The zero-order valence-corrected chi connectivity index (χ0v) is 20.1. The zero-order valence-electron chi connectivity index (χ0n) is 18.5. The molecular formula is C23H26N4O4S2. The lowest BCUT2D eigenvalue weighted by atomic mass is 10.1. The van der Waals surface area contributed by atoms with Crippen LogP contribution < -0.4 is 10.1 Å². The maximum absolute atomic E-state index is 13.3. The zero-order chi connectivity index (χ0) is 23.4. The number of sulfone groups is 1. The largest absolute Gasteiger partial charge is 0.497 e. The third-order valence-corrected chi connectivity index (χ3v) is 8.75. The summed E-state index contributed by atoms with van der Waals surface area (Å²) in [6, 6.07) is 16.7.